The number of H-pyrrole nitrogens is 2. The fourth-order valence-electron chi connectivity index (χ4n) is 2.60. The smallest absolute Gasteiger partial charge is 0.323 e. The van der Waals surface area contributed by atoms with Crippen molar-refractivity contribution in [2.45, 2.75) is 12.8 Å². The molecule has 0 atom stereocenters. The summed E-state index contributed by atoms with van der Waals surface area (Å²) < 4.78 is 10.5. The van der Waals surface area contributed by atoms with Crippen LogP contribution in [0.2, 0.25) is 0 Å². The summed E-state index contributed by atoms with van der Waals surface area (Å²) in [4.78, 5) is 28.8. The number of anilines is 1. The summed E-state index contributed by atoms with van der Waals surface area (Å²) in [5, 5.41) is 2.83. The van der Waals surface area contributed by atoms with E-state index < -0.39 is 0 Å². The summed E-state index contributed by atoms with van der Waals surface area (Å²) in [6.07, 6.45) is 0.876. The van der Waals surface area contributed by atoms with Gasteiger partial charge in [0, 0.05) is 18.2 Å². The number of amides is 1. The van der Waals surface area contributed by atoms with Crippen molar-refractivity contribution in [3.8, 4) is 11.5 Å². The van der Waals surface area contributed by atoms with Gasteiger partial charge in [0.2, 0.25) is 5.91 Å². The molecule has 0 aliphatic carbocycles. The van der Waals surface area contributed by atoms with Crippen LogP contribution in [0.25, 0.3) is 11.0 Å². The van der Waals surface area contributed by atoms with Crippen molar-refractivity contribution in [3.05, 3.63) is 52.4 Å². The molecule has 0 bridgehead atoms. The largest absolute Gasteiger partial charge is 0.497 e. The molecule has 0 radical (unpaired) electrons. The second kappa shape index (κ2) is 7.12. The first-order valence-electron chi connectivity index (χ1n) is 7.81. The van der Waals surface area contributed by atoms with E-state index in [-0.39, 0.29) is 11.6 Å². The minimum Gasteiger partial charge on any atom is -0.497 e. The van der Waals surface area contributed by atoms with E-state index in [0.29, 0.717) is 41.1 Å². The lowest BCUT2D eigenvalue weighted by molar-refractivity contribution is -0.116. The Balaban J connectivity index is 1.64. The van der Waals surface area contributed by atoms with Gasteiger partial charge < -0.3 is 24.8 Å². The van der Waals surface area contributed by atoms with Crippen molar-refractivity contribution >= 4 is 22.6 Å². The zero-order valence-electron chi connectivity index (χ0n) is 14.0. The van der Waals surface area contributed by atoms with E-state index >= 15 is 0 Å². The molecule has 1 heterocycles. The van der Waals surface area contributed by atoms with Crippen LogP contribution in [0.5, 0.6) is 11.5 Å². The standard InChI is InChI=1S/C18H19N3O4/c1-24-13-7-11(8-14(10-13)25-2)3-6-17(22)19-12-4-5-15-16(9-12)21-18(23)20-15/h4-5,7-10H,3,6H2,1-2H3,(H,19,22)(H2,20,21,23). The Kier molecular flexibility index (Phi) is 4.74. The fraction of sp³-hybridized carbons (Fsp3) is 0.222. The van der Waals surface area contributed by atoms with Gasteiger partial charge in [0.15, 0.2) is 0 Å². The van der Waals surface area contributed by atoms with Gasteiger partial charge in [-0.25, -0.2) is 4.79 Å². The molecule has 3 N–H and O–H groups in total. The number of benzene rings is 2. The molecule has 0 saturated heterocycles. The van der Waals surface area contributed by atoms with Crippen molar-refractivity contribution in [1.29, 1.82) is 0 Å². The molecular weight excluding hydrogens is 322 g/mol. The zero-order chi connectivity index (χ0) is 17.8. The molecule has 3 aromatic rings. The molecular formula is C18H19N3O4. The molecule has 7 nitrogen and oxygen atoms in total. The van der Waals surface area contributed by atoms with Gasteiger partial charge in [0.05, 0.1) is 25.3 Å². The highest BCUT2D eigenvalue weighted by Crippen LogP contribution is 2.23. The van der Waals surface area contributed by atoms with Crippen molar-refractivity contribution in [1.82, 2.24) is 9.97 Å². The SMILES string of the molecule is COc1cc(CCC(=O)Nc2ccc3[nH]c(=O)[nH]c3c2)cc(OC)c1. The summed E-state index contributed by atoms with van der Waals surface area (Å²) in [5.74, 6) is 1.27. The maximum Gasteiger partial charge on any atom is 0.323 e. The first-order chi connectivity index (χ1) is 12.1. The van der Waals surface area contributed by atoms with Crippen LogP contribution in [-0.4, -0.2) is 30.1 Å². The van der Waals surface area contributed by atoms with Gasteiger partial charge in [0.25, 0.3) is 0 Å². The molecule has 0 spiro atoms. The van der Waals surface area contributed by atoms with Crippen LogP contribution >= 0.6 is 0 Å². The lowest BCUT2D eigenvalue weighted by Crippen LogP contribution is -2.12. The number of methoxy groups -OCH3 is 2. The molecule has 0 aliphatic rings. The molecule has 1 aromatic heterocycles. The Morgan fingerprint density at radius 2 is 1.68 bits per heavy atom. The van der Waals surface area contributed by atoms with E-state index in [2.05, 4.69) is 15.3 Å². The van der Waals surface area contributed by atoms with Crippen molar-refractivity contribution in [3.63, 3.8) is 0 Å². The molecule has 0 unspecified atom stereocenters. The number of aromatic nitrogens is 2. The van der Waals surface area contributed by atoms with Gasteiger partial charge in [-0.15, -0.1) is 0 Å². The molecule has 0 saturated carbocycles. The number of carbonyl (C=O) groups excluding carboxylic acids is 1. The number of aromatic amines is 2. The van der Waals surface area contributed by atoms with Crippen molar-refractivity contribution < 1.29 is 14.3 Å². The molecule has 3 rings (SSSR count). The Morgan fingerprint density at radius 3 is 2.36 bits per heavy atom. The Bertz CT molecular complexity index is 936. The van der Waals surface area contributed by atoms with Crippen LogP contribution in [0.4, 0.5) is 5.69 Å². The predicted molar refractivity (Wildman–Crippen MR) is 95.4 cm³/mol. The van der Waals surface area contributed by atoms with Crippen molar-refractivity contribution in [2.24, 2.45) is 0 Å². The maximum atomic E-state index is 12.2. The number of nitrogens with one attached hydrogen (secondary N) is 3. The highest BCUT2D eigenvalue weighted by atomic mass is 16.5. The highest BCUT2D eigenvalue weighted by Gasteiger charge is 2.07. The molecule has 130 valence electrons. The van der Waals surface area contributed by atoms with Crippen LogP contribution in [0.1, 0.15) is 12.0 Å². The number of rotatable bonds is 6. The third-order valence-corrected chi connectivity index (χ3v) is 3.85. The number of fused-ring (bicyclic) bond motifs is 1. The van der Waals surface area contributed by atoms with E-state index in [1.165, 1.54) is 0 Å². The second-order valence-electron chi connectivity index (χ2n) is 5.61. The van der Waals surface area contributed by atoms with E-state index in [0.717, 1.165) is 5.56 Å². The van der Waals surface area contributed by atoms with Gasteiger partial charge in [-0.2, -0.15) is 0 Å². The summed E-state index contributed by atoms with van der Waals surface area (Å²) in [5.41, 5.74) is 2.67. The van der Waals surface area contributed by atoms with Crippen LogP contribution in [0, 0.1) is 0 Å². The van der Waals surface area contributed by atoms with Crippen molar-refractivity contribution in [2.75, 3.05) is 19.5 Å². The summed E-state index contributed by atoms with van der Waals surface area (Å²) in [7, 11) is 3.18. The molecule has 0 fully saturated rings. The number of hydrogen-bond acceptors (Lipinski definition) is 4. The number of hydrogen-bond donors (Lipinski definition) is 3. The topological polar surface area (TPSA) is 96.2 Å². The first kappa shape index (κ1) is 16.6. The maximum absolute atomic E-state index is 12.2. The lowest BCUT2D eigenvalue weighted by atomic mass is 10.1. The summed E-state index contributed by atoms with van der Waals surface area (Å²) >= 11 is 0. The molecule has 2 aromatic carbocycles. The van der Waals surface area contributed by atoms with Gasteiger partial charge in [0.1, 0.15) is 11.5 Å². The number of imidazole rings is 1. The third-order valence-electron chi connectivity index (χ3n) is 3.85. The Hall–Kier alpha value is -3.22. The highest BCUT2D eigenvalue weighted by molar-refractivity contribution is 5.93. The molecule has 0 aliphatic heterocycles. The van der Waals surface area contributed by atoms with E-state index in [9.17, 15) is 9.59 Å². The first-order valence-corrected chi connectivity index (χ1v) is 7.81. The van der Waals surface area contributed by atoms with Crippen LogP contribution < -0.4 is 20.5 Å². The fourth-order valence-corrected chi connectivity index (χ4v) is 2.60. The summed E-state index contributed by atoms with van der Waals surface area (Å²) in [6.45, 7) is 0. The minimum atomic E-state index is -0.273. The number of ether oxygens (including phenoxy) is 2. The van der Waals surface area contributed by atoms with Gasteiger partial charge in [-0.3, -0.25) is 4.79 Å². The average molecular weight is 341 g/mol. The van der Waals surface area contributed by atoms with Gasteiger partial charge >= 0.3 is 5.69 Å². The number of carbonyl (C=O) groups is 1. The molecule has 25 heavy (non-hydrogen) atoms. The van der Waals surface area contributed by atoms with Crippen LogP contribution in [-0.2, 0) is 11.2 Å². The van der Waals surface area contributed by atoms with E-state index in [4.69, 9.17) is 9.47 Å². The summed E-state index contributed by atoms with van der Waals surface area (Å²) in [6, 6.07) is 10.8. The number of aryl methyl sites for hydroxylation is 1. The van der Waals surface area contributed by atoms with Crippen LogP contribution in [0.3, 0.4) is 0 Å². The second-order valence-corrected chi connectivity index (χ2v) is 5.61. The third kappa shape index (κ3) is 4.00. The normalized spacial score (nSPS) is 10.6. The van der Waals surface area contributed by atoms with E-state index in [1.54, 1.807) is 38.5 Å². The van der Waals surface area contributed by atoms with Gasteiger partial charge in [-0.1, -0.05) is 0 Å². The average Bonchev–Trinajstić information content (AvgIpc) is 2.98. The van der Waals surface area contributed by atoms with Gasteiger partial charge in [-0.05, 0) is 42.3 Å². The predicted octanol–water partition coefficient (Wildman–Crippen LogP) is 2.44. The lowest BCUT2D eigenvalue weighted by Gasteiger charge is -2.09. The van der Waals surface area contributed by atoms with E-state index in [1.807, 2.05) is 12.1 Å². The monoisotopic (exact) mass is 341 g/mol. The van der Waals surface area contributed by atoms with Crippen LogP contribution in [0.15, 0.2) is 41.2 Å². The Morgan fingerprint density at radius 1 is 1.00 bits per heavy atom. The molecule has 7 heteroatoms. The minimum absolute atomic E-state index is 0.112. The quantitative estimate of drug-likeness (QED) is 0.641. The zero-order valence-corrected chi connectivity index (χ0v) is 14.0. The Labute approximate surface area is 144 Å². The molecule has 1 amide bonds.